The summed E-state index contributed by atoms with van der Waals surface area (Å²) in [6, 6.07) is 7.53. The minimum atomic E-state index is -0.667. The molecule has 2 unspecified atom stereocenters. The molecule has 1 saturated heterocycles. The second-order valence-electron chi connectivity index (χ2n) is 8.11. The van der Waals surface area contributed by atoms with Gasteiger partial charge in [-0.25, -0.2) is 4.79 Å². The first kappa shape index (κ1) is 20.3. The van der Waals surface area contributed by atoms with Crippen LogP contribution < -0.4 is 10.1 Å². The van der Waals surface area contributed by atoms with Crippen LogP contribution in [0.3, 0.4) is 0 Å². The van der Waals surface area contributed by atoms with E-state index in [4.69, 9.17) is 9.47 Å². The van der Waals surface area contributed by atoms with E-state index >= 15 is 0 Å². The van der Waals surface area contributed by atoms with Gasteiger partial charge in [-0.3, -0.25) is 4.99 Å². The number of ether oxygens (including phenoxy) is 2. The number of aliphatic hydroxyl groups is 1. The highest BCUT2D eigenvalue weighted by Crippen LogP contribution is 2.21. The molecule has 2 N–H and O–H groups in total. The molecule has 2 aliphatic heterocycles. The molecule has 0 bridgehead atoms. The first-order valence-electron chi connectivity index (χ1n) is 9.62. The standard InChI is InChI=1S/C20H30N4O4/c1-20(2,3)28-19(26)23-8-9-24-15(13-23)11-21-18(24)22-12-17(25)14-6-5-7-16(10-14)27-4/h5-7,10,15,17,25H,8-9,11-13H2,1-4H3,(H,21,22). The number of aliphatic hydroxyl groups excluding tert-OH is 1. The van der Waals surface area contributed by atoms with Crippen molar-refractivity contribution in [3.05, 3.63) is 29.8 Å². The van der Waals surface area contributed by atoms with Gasteiger partial charge in [0.25, 0.3) is 0 Å². The largest absolute Gasteiger partial charge is 0.497 e. The number of nitrogens with one attached hydrogen (secondary N) is 1. The van der Waals surface area contributed by atoms with Gasteiger partial charge in [-0.05, 0) is 38.5 Å². The normalized spacial score (nSPS) is 20.3. The summed E-state index contributed by atoms with van der Waals surface area (Å²) in [6.07, 6.45) is -0.943. The van der Waals surface area contributed by atoms with Gasteiger partial charge < -0.3 is 29.7 Å². The van der Waals surface area contributed by atoms with Gasteiger partial charge >= 0.3 is 6.09 Å². The summed E-state index contributed by atoms with van der Waals surface area (Å²) in [5.74, 6) is 1.49. The summed E-state index contributed by atoms with van der Waals surface area (Å²) in [6.45, 7) is 8.44. The fraction of sp³-hybridized carbons (Fsp3) is 0.600. The number of hydrogen-bond acceptors (Lipinski definition) is 7. The van der Waals surface area contributed by atoms with E-state index in [-0.39, 0.29) is 12.1 Å². The number of fused-ring (bicyclic) bond motifs is 1. The zero-order chi connectivity index (χ0) is 20.3. The maximum atomic E-state index is 12.3. The third-order valence-corrected chi connectivity index (χ3v) is 4.79. The van der Waals surface area contributed by atoms with Crippen molar-refractivity contribution in [3.63, 3.8) is 0 Å². The van der Waals surface area contributed by atoms with Crippen LogP contribution in [0.5, 0.6) is 5.75 Å². The van der Waals surface area contributed by atoms with Crippen LogP contribution in [0, 0.1) is 0 Å². The van der Waals surface area contributed by atoms with Crippen molar-refractivity contribution in [1.82, 2.24) is 15.1 Å². The van der Waals surface area contributed by atoms with Crippen LogP contribution in [0.4, 0.5) is 4.79 Å². The van der Waals surface area contributed by atoms with E-state index in [1.807, 2.05) is 45.0 Å². The molecule has 8 nitrogen and oxygen atoms in total. The van der Waals surface area contributed by atoms with Crippen molar-refractivity contribution >= 4 is 12.1 Å². The molecule has 0 saturated carbocycles. The highest BCUT2D eigenvalue weighted by molar-refractivity contribution is 5.82. The third-order valence-electron chi connectivity index (χ3n) is 4.79. The zero-order valence-corrected chi connectivity index (χ0v) is 17.0. The quantitative estimate of drug-likeness (QED) is 0.812. The summed E-state index contributed by atoms with van der Waals surface area (Å²) < 4.78 is 10.7. The predicted molar refractivity (Wildman–Crippen MR) is 107 cm³/mol. The van der Waals surface area contributed by atoms with Crippen LogP contribution in [0.15, 0.2) is 29.3 Å². The molecule has 2 aliphatic rings. The highest BCUT2D eigenvalue weighted by Gasteiger charge is 2.36. The Morgan fingerprint density at radius 3 is 2.89 bits per heavy atom. The van der Waals surface area contributed by atoms with E-state index < -0.39 is 11.7 Å². The Morgan fingerprint density at radius 1 is 1.39 bits per heavy atom. The number of carbonyl (C=O) groups excluding carboxylic acids is 1. The maximum absolute atomic E-state index is 12.3. The predicted octanol–water partition coefficient (Wildman–Crippen LogP) is 1.61. The number of carbonyl (C=O) groups is 1. The van der Waals surface area contributed by atoms with Crippen LogP contribution in [0.25, 0.3) is 0 Å². The van der Waals surface area contributed by atoms with E-state index in [1.165, 1.54) is 0 Å². The molecule has 3 rings (SSSR count). The number of aliphatic imine (C=N–C) groups is 1. The number of benzene rings is 1. The number of nitrogens with zero attached hydrogens (tertiary/aromatic N) is 3. The van der Waals surface area contributed by atoms with Gasteiger partial charge in [-0.2, -0.15) is 0 Å². The summed E-state index contributed by atoms with van der Waals surface area (Å²) >= 11 is 0. The van der Waals surface area contributed by atoms with Gasteiger partial charge in [0.1, 0.15) is 11.4 Å². The first-order chi connectivity index (χ1) is 13.3. The first-order valence-corrected chi connectivity index (χ1v) is 9.62. The van der Waals surface area contributed by atoms with Gasteiger partial charge in [-0.1, -0.05) is 12.1 Å². The van der Waals surface area contributed by atoms with E-state index in [9.17, 15) is 9.90 Å². The molecule has 1 amide bonds. The average Bonchev–Trinajstić information content (AvgIpc) is 3.07. The summed E-state index contributed by atoms with van der Waals surface area (Å²) in [7, 11) is 1.61. The Bertz CT molecular complexity index is 731. The molecule has 1 aromatic carbocycles. The lowest BCUT2D eigenvalue weighted by Gasteiger charge is -2.39. The second kappa shape index (κ2) is 8.26. The lowest BCUT2D eigenvalue weighted by Crippen LogP contribution is -2.57. The lowest BCUT2D eigenvalue weighted by molar-refractivity contribution is 0.0137. The monoisotopic (exact) mass is 390 g/mol. The number of piperazine rings is 1. The van der Waals surface area contributed by atoms with Crippen LogP contribution in [-0.4, -0.2) is 78.4 Å². The number of amides is 1. The average molecular weight is 390 g/mol. The minimum Gasteiger partial charge on any atom is -0.497 e. The molecule has 0 radical (unpaired) electrons. The molecule has 2 heterocycles. The molecule has 0 aromatic heterocycles. The molecule has 1 aromatic rings. The van der Waals surface area contributed by atoms with Gasteiger partial charge in [0, 0.05) is 26.2 Å². The molecule has 2 atom stereocenters. The minimum absolute atomic E-state index is 0.137. The Balaban J connectivity index is 1.51. The summed E-state index contributed by atoms with van der Waals surface area (Å²) in [5, 5.41) is 13.7. The molecule has 0 aliphatic carbocycles. The number of hydrogen-bond donors (Lipinski definition) is 2. The highest BCUT2D eigenvalue weighted by atomic mass is 16.6. The van der Waals surface area contributed by atoms with Crippen molar-refractivity contribution < 1.29 is 19.4 Å². The molecule has 28 heavy (non-hydrogen) atoms. The van der Waals surface area contributed by atoms with Crippen molar-refractivity contribution in [3.8, 4) is 5.75 Å². The molecule has 1 fully saturated rings. The summed E-state index contributed by atoms with van der Waals surface area (Å²) in [5.41, 5.74) is 0.292. The fourth-order valence-electron chi connectivity index (χ4n) is 3.38. The maximum Gasteiger partial charge on any atom is 0.410 e. The van der Waals surface area contributed by atoms with Gasteiger partial charge in [0.15, 0.2) is 5.96 Å². The Morgan fingerprint density at radius 2 is 2.18 bits per heavy atom. The van der Waals surface area contributed by atoms with Crippen LogP contribution in [0.2, 0.25) is 0 Å². The number of guanidine groups is 1. The number of methoxy groups -OCH3 is 1. The topological polar surface area (TPSA) is 86.6 Å². The van der Waals surface area contributed by atoms with E-state index in [2.05, 4.69) is 15.2 Å². The van der Waals surface area contributed by atoms with Crippen molar-refractivity contribution in [2.75, 3.05) is 39.8 Å². The van der Waals surface area contributed by atoms with Crippen molar-refractivity contribution in [2.24, 2.45) is 4.99 Å². The molecule has 8 heteroatoms. The van der Waals surface area contributed by atoms with Crippen molar-refractivity contribution in [1.29, 1.82) is 0 Å². The molecular weight excluding hydrogens is 360 g/mol. The molecular formula is C20H30N4O4. The summed E-state index contributed by atoms with van der Waals surface area (Å²) in [4.78, 5) is 20.8. The molecule has 154 valence electrons. The fourth-order valence-corrected chi connectivity index (χ4v) is 3.38. The lowest BCUT2D eigenvalue weighted by atomic mass is 10.1. The SMILES string of the molecule is COc1cccc(C(O)CNC2=NCC3CN(C(=O)OC(C)(C)C)CCN23)c1. The van der Waals surface area contributed by atoms with Crippen molar-refractivity contribution in [2.45, 2.75) is 38.5 Å². The van der Waals surface area contributed by atoms with Gasteiger partial charge in [0.2, 0.25) is 0 Å². The zero-order valence-electron chi connectivity index (χ0n) is 17.0. The van der Waals surface area contributed by atoms with E-state index in [0.29, 0.717) is 38.5 Å². The van der Waals surface area contributed by atoms with Gasteiger partial charge in [0.05, 0.1) is 25.8 Å². The van der Waals surface area contributed by atoms with Gasteiger partial charge in [-0.15, -0.1) is 0 Å². The smallest absolute Gasteiger partial charge is 0.410 e. The Hall–Kier alpha value is -2.48. The third kappa shape index (κ3) is 4.86. The Kier molecular flexibility index (Phi) is 5.98. The molecule has 0 spiro atoms. The Labute approximate surface area is 166 Å². The van der Waals surface area contributed by atoms with Crippen LogP contribution >= 0.6 is 0 Å². The van der Waals surface area contributed by atoms with E-state index in [1.54, 1.807) is 12.0 Å². The second-order valence-corrected chi connectivity index (χ2v) is 8.11. The van der Waals surface area contributed by atoms with Crippen LogP contribution in [0.1, 0.15) is 32.4 Å². The number of rotatable bonds is 4. The van der Waals surface area contributed by atoms with E-state index in [0.717, 1.165) is 11.5 Å². The van der Waals surface area contributed by atoms with Crippen LogP contribution in [-0.2, 0) is 4.74 Å².